The minimum Gasteiger partial charge on any atom is -0.497 e. The van der Waals surface area contributed by atoms with Gasteiger partial charge in [0.2, 0.25) is 0 Å². The number of nitrogens with zero attached hydrogens (tertiary/aromatic N) is 2. The first kappa shape index (κ1) is 12.7. The Morgan fingerprint density at radius 1 is 1.45 bits per heavy atom. The Morgan fingerprint density at radius 3 is 3.05 bits per heavy atom. The van der Waals surface area contributed by atoms with E-state index in [1.165, 1.54) is 11.3 Å². The maximum Gasteiger partial charge on any atom is 0.275 e. The average molecular weight is 287 g/mol. The molecule has 102 valence electrons. The van der Waals surface area contributed by atoms with Crippen LogP contribution in [-0.4, -0.2) is 22.4 Å². The highest BCUT2D eigenvalue weighted by Gasteiger charge is 2.13. The highest BCUT2D eigenvalue weighted by Crippen LogP contribution is 2.19. The van der Waals surface area contributed by atoms with Crippen molar-refractivity contribution in [3.05, 3.63) is 47.2 Å². The molecule has 0 saturated carbocycles. The molecular weight excluding hydrogens is 274 g/mol. The predicted molar refractivity (Wildman–Crippen MR) is 78.8 cm³/mol. The third-order valence-electron chi connectivity index (χ3n) is 2.95. The fourth-order valence-corrected chi connectivity index (χ4v) is 2.75. The van der Waals surface area contributed by atoms with Gasteiger partial charge in [-0.05, 0) is 19.1 Å². The Bertz CT molecular complexity index is 776. The first-order valence-electron chi connectivity index (χ1n) is 6.06. The SMILES string of the molecule is COc1cccc(NC(=O)c2cn3c(C)csc3n2)c1. The van der Waals surface area contributed by atoms with Crippen LogP contribution >= 0.6 is 11.3 Å². The van der Waals surface area contributed by atoms with Crippen molar-refractivity contribution in [2.45, 2.75) is 6.92 Å². The lowest BCUT2D eigenvalue weighted by Crippen LogP contribution is -2.12. The van der Waals surface area contributed by atoms with E-state index in [0.717, 1.165) is 10.7 Å². The number of carbonyl (C=O) groups is 1. The van der Waals surface area contributed by atoms with Gasteiger partial charge in [0, 0.05) is 29.0 Å². The lowest BCUT2D eigenvalue weighted by molar-refractivity contribution is 0.102. The molecule has 0 spiro atoms. The zero-order valence-corrected chi connectivity index (χ0v) is 11.9. The number of benzene rings is 1. The largest absolute Gasteiger partial charge is 0.497 e. The molecule has 6 heteroatoms. The number of amides is 1. The number of ether oxygens (including phenoxy) is 1. The number of rotatable bonds is 3. The van der Waals surface area contributed by atoms with Crippen LogP contribution in [0.2, 0.25) is 0 Å². The summed E-state index contributed by atoms with van der Waals surface area (Å²) in [5, 5.41) is 4.82. The van der Waals surface area contributed by atoms with Gasteiger partial charge in [-0.25, -0.2) is 4.98 Å². The van der Waals surface area contributed by atoms with Crippen molar-refractivity contribution in [3.8, 4) is 5.75 Å². The zero-order valence-electron chi connectivity index (χ0n) is 11.1. The van der Waals surface area contributed by atoms with Crippen LogP contribution in [-0.2, 0) is 0 Å². The van der Waals surface area contributed by atoms with Crippen molar-refractivity contribution in [3.63, 3.8) is 0 Å². The van der Waals surface area contributed by atoms with Crippen LogP contribution in [0.3, 0.4) is 0 Å². The molecule has 2 aromatic heterocycles. The van der Waals surface area contributed by atoms with E-state index in [9.17, 15) is 4.79 Å². The molecule has 2 heterocycles. The van der Waals surface area contributed by atoms with Crippen LogP contribution in [0.15, 0.2) is 35.8 Å². The standard InChI is InChI=1S/C14H13N3O2S/c1-9-8-20-14-16-12(7-17(9)14)13(18)15-10-4-3-5-11(6-10)19-2/h3-8H,1-2H3,(H,15,18). The zero-order chi connectivity index (χ0) is 14.1. The summed E-state index contributed by atoms with van der Waals surface area (Å²) in [5.41, 5.74) is 2.16. The monoisotopic (exact) mass is 287 g/mol. The van der Waals surface area contributed by atoms with E-state index in [4.69, 9.17) is 4.74 Å². The number of anilines is 1. The first-order chi connectivity index (χ1) is 9.67. The summed E-state index contributed by atoms with van der Waals surface area (Å²) in [6.07, 6.45) is 1.75. The van der Waals surface area contributed by atoms with Crippen LogP contribution in [0.4, 0.5) is 5.69 Å². The molecule has 0 bridgehead atoms. The molecule has 0 unspecified atom stereocenters. The Kier molecular flexibility index (Phi) is 3.15. The maximum absolute atomic E-state index is 12.2. The van der Waals surface area contributed by atoms with E-state index in [0.29, 0.717) is 17.1 Å². The summed E-state index contributed by atoms with van der Waals surface area (Å²) in [6, 6.07) is 7.22. The summed E-state index contributed by atoms with van der Waals surface area (Å²) >= 11 is 1.52. The number of methoxy groups -OCH3 is 1. The van der Waals surface area contributed by atoms with Gasteiger partial charge >= 0.3 is 0 Å². The molecule has 0 saturated heterocycles. The molecule has 0 aliphatic heterocycles. The molecule has 0 radical (unpaired) electrons. The molecule has 1 aromatic carbocycles. The smallest absolute Gasteiger partial charge is 0.275 e. The van der Waals surface area contributed by atoms with Gasteiger partial charge in [-0.3, -0.25) is 9.20 Å². The van der Waals surface area contributed by atoms with Gasteiger partial charge in [0.05, 0.1) is 7.11 Å². The highest BCUT2D eigenvalue weighted by atomic mass is 32.1. The van der Waals surface area contributed by atoms with Crippen molar-refractivity contribution in [1.82, 2.24) is 9.38 Å². The van der Waals surface area contributed by atoms with Crippen molar-refractivity contribution in [2.75, 3.05) is 12.4 Å². The highest BCUT2D eigenvalue weighted by molar-refractivity contribution is 7.15. The lowest BCUT2D eigenvalue weighted by atomic mass is 10.3. The van der Waals surface area contributed by atoms with Crippen LogP contribution in [0.1, 0.15) is 16.2 Å². The molecule has 5 nitrogen and oxygen atoms in total. The number of aromatic nitrogens is 2. The van der Waals surface area contributed by atoms with E-state index in [1.807, 2.05) is 34.9 Å². The van der Waals surface area contributed by atoms with Gasteiger partial charge in [-0.2, -0.15) is 0 Å². The number of hydrogen-bond acceptors (Lipinski definition) is 4. The molecule has 1 N–H and O–H groups in total. The molecular formula is C14H13N3O2S. The molecule has 20 heavy (non-hydrogen) atoms. The van der Waals surface area contributed by atoms with Crippen LogP contribution in [0.5, 0.6) is 5.75 Å². The fourth-order valence-electron chi connectivity index (χ4n) is 1.90. The number of fused-ring (bicyclic) bond motifs is 1. The lowest BCUT2D eigenvalue weighted by Gasteiger charge is -2.05. The molecule has 0 aliphatic carbocycles. The molecule has 0 fully saturated rings. The maximum atomic E-state index is 12.2. The number of aryl methyl sites for hydroxylation is 1. The van der Waals surface area contributed by atoms with Crippen molar-refractivity contribution < 1.29 is 9.53 Å². The quantitative estimate of drug-likeness (QED) is 0.805. The summed E-state index contributed by atoms with van der Waals surface area (Å²) in [6.45, 7) is 1.98. The van der Waals surface area contributed by atoms with Gasteiger partial charge in [-0.15, -0.1) is 11.3 Å². The summed E-state index contributed by atoms with van der Waals surface area (Å²) in [4.78, 5) is 17.3. The second-order valence-electron chi connectivity index (χ2n) is 4.34. The number of thiazole rings is 1. The Morgan fingerprint density at radius 2 is 2.30 bits per heavy atom. The van der Waals surface area contributed by atoms with E-state index < -0.39 is 0 Å². The molecule has 0 aliphatic rings. The van der Waals surface area contributed by atoms with Crippen molar-refractivity contribution in [1.29, 1.82) is 0 Å². The molecule has 1 amide bonds. The summed E-state index contributed by atoms with van der Waals surface area (Å²) < 4.78 is 7.03. The molecule has 3 rings (SSSR count). The predicted octanol–water partition coefficient (Wildman–Crippen LogP) is 2.97. The average Bonchev–Trinajstić information content (AvgIpc) is 3.02. The summed E-state index contributed by atoms with van der Waals surface area (Å²) in [7, 11) is 1.59. The molecule has 0 atom stereocenters. The molecule has 3 aromatic rings. The fraction of sp³-hybridized carbons (Fsp3) is 0.143. The van der Waals surface area contributed by atoms with E-state index in [2.05, 4.69) is 10.3 Å². The Labute approximate surface area is 119 Å². The third kappa shape index (κ3) is 2.25. The normalized spacial score (nSPS) is 10.7. The van der Waals surface area contributed by atoms with Crippen molar-refractivity contribution >= 4 is 27.9 Å². The Hall–Kier alpha value is -2.34. The van der Waals surface area contributed by atoms with E-state index in [-0.39, 0.29) is 5.91 Å². The van der Waals surface area contributed by atoms with Gasteiger partial charge in [0.15, 0.2) is 4.96 Å². The first-order valence-corrected chi connectivity index (χ1v) is 6.94. The van der Waals surface area contributed by atoms with Gasteiger partial charge < -0.3 is 10.1 Å². The minimum absolute atomic E-state index is 0.228. The number of nitrogens with one attached hydrogen (secondary N) is 1. The van der Waals surface area contributed by atoms with Crippen LogP contribution < -0.4 is 10.1 Å². The summed E-state index contributed by atoms with van der Waals surface area (Å²) in [5.74, 6) is 0.470. The number of imidazole rings is 1. The van der Waals surface area contributed by atoms with E-state index in [1.54, 1.807) is 19.4 Å². The van der Waals surface area contributed by atoms with Crippen molar-refractivity contribution in [2.24, 2.45) is 0 Å². The van der Waals surface area contributed by atoms with Crippen LogP contribution in [0.25, 0.3) is 4.96 Å². The van der Waals surface area contributed by atoms with Gasteiger partial charge in [-0.1, -0.05) is 6.07 Å². The van der Waals surface area contributed by atoms with E-state index >= 15 is 0 Å². The third-order valence-corrected chi connectivity index (χ3v) is 3.91. The van der Waals surface area contributed by atoms with Gasteiger partial charge in [0.1, 0.15) is 11.4 Å². The second-order valence-corrected chi connectivity index (χ2v) is 5.18. The number of hydrogen-bond donors (Lipinski definition) is 1. The second kappa shape index (κ2) is 4.97. The topological polar surface area (TPSA) is 55.6 Å². The van der Waals surface area contributed by atoms with Gasteiger partial charge in [0.25, 0.3) is 5.91 Å². The number of carbonyl (C=O) groups excluding carboxylic acids is 1. The minimum atomic E-state index is -0.228. The van der Waals surface area contributed by atoms with Crippen LogP contribution in [0, 0.1) is 6.92 Å². The Balaban J connectivity index is 1.84.